The second kappa shape index (κ2) is 6.97. The van der Waals surface area contributed by atoms with Crippen LogP contribution in [0.5, 0.6) is 5.75 Å². The molecule has 1 heterocycles. The van der Waals surface area contributed by atoms with Gasteiger partial charge in [-0.1, -0.05) is 30.3 Å². The van der Waals surface area contributed by atoms with E-state index in [0.717, 1.165) is 5.56 Å². The number of aromatic nitrogens is 3. The SMILES string of the molecule is Fc1ccccc1COc1ccccc1C=Nn1cn[nH]c1=S. The van der Waals surface area contributed by atoms with E-state index in [4.69, 9.17) is 17.0 Å². The van der Waals surface area contributed by atoms with Gasteiger partial charge in [-0.05, 0) is 30.4 Å². The van der Waals surface area contributed by atoms with Crippen LogP contribution in [0.15, 0.2) is 60.0 Å². The average Bonchev–Trinajstić information content (AvgIpc) is 2.98. The standard InChI is InChI=1S/C16H13FN4OS/c17-14-7-3-1-6-13(14)10-22-15-8-4-2-5-12(15)9-19-21-11-18-20-16(21)23/h1-9,11H,10H2,(H,20,23). The first-order chi connectivity index (χ1) is 11.2. The number of H-pyrrole nitrogens is 1. The molecule has 0 radical (unpaired) electrons. The van der Waals surface area contributed by atoms with Crippen molar-refractivity contribution < 1.29 is 9.13 Å². The van der Waals surface area contributed by atoms with Crippen molar-refractivity contribution in [3.8, 4) is 5.75 Å². The lowest BCUT2D eigenvalue weighted by Crippen LogP contribution is -2.00. The van der Waals surface area contributed by atoms with E-state index in [1.807, 2.05) is 18.2 Å². The number of hydrogen-bond donors (Lipinski definition) is 1. The third kappa shape index (κ3) is 3.70. The Morgan fingerprint density at radius 3 is 2.78 bits per heavy atom. The summed E-state index contributed by atoms with van der Waals surface area (Å²) in [5, 5.41) is 10.6. The van der Waals surface area contributed by atoms with E-state index in [9.17, 15) is 4.39 Å². The molecule has 0 fully saturated rings. The highest BCUT2D eigenvalue weighted by molar-refractivity contribution is 7.71. The molecule has 116 valence electrons. The number of nitrogens with one attached hydrogen (secondary N) is 1. The van der Waals surface area contributed by atoms with Gasteiger partial charge in [0.1, 0.15) is 24.5 Å². The van der Waals surface area contributed by atoms with Crippen molar-refractivity contribution in [1.82, 2.24) is 14.9 Å². The number of benzene rings is 2. The first-order valence-corrected chi connectivity index (χ1v) is 7.26. The van der Waals surface area contributed by atoms with E-state index in [0.29, 0.717) is 16.1 Å². The van der Waals surface area contributed by atoms with Gasteiger partial charge in [-0.2, -0.15) is 14.9 Å². The molecule has 0 atom stereocenters. The minimum atomic E-state index is -0.289. The van der Waals surface area contributed by atoms with Gasteiger partial charge < -0.3 is 4.74 Å². The van der Waals surface area contributed by atoms with Crippen LogP contribution in [0.1, 0.15) is 11.1 Å². The summed E-state index contributed by atoms with van der Waals surface area (Å²) in [7, 11) is 0. The first kappa shape index (κ1) is 15.1. The molecule has 3 rings (SSSR count). The molecule has 0 saturated carbocycles. The molecule has 3 aromatic rings. The lowest BCUT2D eigenvalue weighted by molar-refractivity contribution is 0.299. The summed E-state index contributed by atoms with van der Waals surface area (Å²) in [6, 6.07) is 13.9. The van der Waals surface area contributed by atoms with Gasteiger partial charge in [0.15, 0.2) is 0 Å². The zero-order valence-electron chi connectivity index (χ0n) is 12.0. The van der Waals surface area contributed by atoms with Crippen LogP contribution in [0.2, 0.25) is 0 Å². The second-order valence-corrected chi connectivity index (χ2v) is 5.06. The lowest BCUT2D eigenvalue weighted by atomic mass is 10.2. The number of ether oxygens (including phenoxy) is 1. The fraction of sp³-hybridized carbons (Fsp3) is 0.0625. The number of aromatic amines is 1. The van der Waals surface area contributed by atoms with Crippen LogP contribution in [0.25, 0.3) is 0 Å². The Morgan fingerprint density at radius 1 is 1.22 bits per heavy atom. The molecule has 23 heavy (non-hydrogen) atoms. The van der Waals surface area contributed by atoms with Gasteiger partial charge in [-0.3, -0.25) is 5.10 Å². The molecule has 1 aromatic heterocycles. The molecule has 7 heteroatoms. The van der Waals surface area contributed by atoms with Crippen molar-refractivity contribution in [1.29, 1.82) is 0 Å². The van der Waals surface area contributed by atoms with Crippen LogP contribution in [0.3, 0.4) is 0 Å². The van der Waals surface area contributed by atoms with Crippen molar-refractivity contribution in [3.05, 3.63) is 76.6 Å². The number of nitrogens with zero attached hydrogens (tertiary/aromatic N) is 3. The van der Waals surface area contributed by atoms with Crippen LogP contribution in [0.4, 0.5) is 4.39 Å². The molecular formula is C16H13FN4OS. The molecule has 0 amide bonds. The van der Waals surface area contributed by atoms with Gasteiger partial charge in [0.25, 0.3) is 0 Å². The van der Waals surface area contributed by atoms with Gasteiger partial charge in [0, 0.05) is 11.1 Å². The number of rotatable bonds is 5. The summed E-state index contributed by atoms with van der Waals surface area (Å²) in [6.45, 7) is 0.142. The van der Waals surface area contributed by atoms with Crippen molar-refractivity contribution in [2.45, 2.75) is 6.61 Å². The molecule has 5 nitrogen and oxygen atoms in total. The molecule has 0 aliphatic carbocycles. The lowest BCUT2D eigenvalue weighted by Gasteiger charge is -2.09. The van der Waals surface area contributed by atoms with E-state index in [2.05, 4.69) is 15.3 Å². The van der Waals surface area contributed by atoms with Crippen LogP contribution >= 0.6 is 12.2 Å². The summed E-state index contributed by atoms with van der Waals surface area (Å²) in [5.74, 6) is 0.317. The fourth-order valence-electron chi connectivity index (χ4n) is 1.94. The second-order valence-electron chi connectivity index (χ2n) is 4.67. The summed E-state index contributed by atoms with van der Waals surface area (Å²) < 4.78 is 21.2. The largest absolute Gasteiger partial charge is 0.488 e. The van der Waals surface area contributed by atoms with Crippen molar-refractivity contribution in [2.75, 3.05) is 0 Å². The van der Waals surface area contributed by atoms with E-state index in [1.54, 1.807) is 30.5 Å². The Morgan fingerprint density at radius 2 is 2.00 bits per heavy atom. The molecule has 0 bridgehead atoms. The quantitative estimate of drug-likeness (QED) is 0.576. The smallest absolute Gasteiger partial charge is 0.216 e. The Labute approximate surface area is 137 Å². The Kier molecular flexibility index (Phi) is 4.58. The fourth-order valence-corrected chi connectivity index (χ4v) is 2.09. The highest BCUT2D eigenvalue weighted by Crippen LogP contribution is 2.18. The van der Waals surface area contributed by atoms with E-state index < -0.39 is 0 Å². The average molecular weight is 328 g/mol. The third-order valence-electron chi connectivity index (χ3n) is 3.12. The number of hydrogen-bond acceptors (Lipinski definition) is 4. The van der Waals surface area contributed by atoms with Gasteiger partial charge >= 0.3 is 0 Å². The predicted octanol–water partition coefficient (Wildman–Crippen LogP) is 3.54. The first-order valence-electron chi connectivity index (χ1n) is 6.85. The van der Waals surface area contributed by atoms with E-state index in [1.165, 1.54) is 17.1 Å². The van der Waals surface area contributed by atoms with Gasteiger partial charge in [-0.15, -0.1) is 0 Å². The van der Waals surface area contributed by atoms with Crippen molar-refractivity contribution in [2.24, 2.45) is 5.10 Å². The highest BCUT2D eigenvalue weighted by Gasteiger charge is 2.04. The zero-order valence-corrected chi connectivity index (χ0v) is 12.8. The van der Waals surface area contributed by atoms with Crippen molar-refractivity contribution in [3.63, 3.8) is 0 Å². The molecule has 2 aromatic carbocycles. The summed E-state index contributed by atoms with van der Waals surface area (Å²) in [5.41, 5.74) is 1.25. The van der Waals surface area contributed by atoms with Gasteiger partial charge in [0.2, 0.25) is 4.77 Å². The van der Waals surface area contributed by atoms with Crippen LogP contribution in [-0.2, 0) is 6.61 Å². The Balaban J connectivity index is 1.78. The number of para-hydroxylation sites is 1. The van der Waals surface area contributed by atoms with Crippen LogP contribution < -0.4 is 4.74 Å². The normalized spacial score (nSPS) is 11.0. The van der Waals surface area contributed by atoms with Gasteiger partial charge in [-0.25, -0.2) is 4.39 Å². The van der Waals surface area contributed by atoms with E-state index >= 15 is 0 Å². The van der Waals surface area contributed by atoms with Crippen molar-refractivity contribution >= 4 is 18.4 Å². The molecule has 0 saturated heterocycles. The topological polar surface area (TPSA) is 55.2 Å². The number of halogens is 1. The molecule has 0 spiro atoms. The maximum atomic E-state index is 13.6. The van der Waals surface area contributed by atoms with Gasteiger partial charge in [0.05, 0.1) is 6.21 Å². The maximum Gasteiger partial charge on any atom is 0.216 e. The third-order valence-corrected chi connectivity index (χ3v) is 3.39. The highest BCUT2D eigenvalue weighted by atomic mass is 32.1. The Hall–Kier alpha value is -2.80. The monoisotopic (exact) mass is 328 g/mol. The maximum absolute atomic E-state index is 13.6. The zero-order chi connectivity index (χ0) is 16.1. The molecule has 0 aliphatic heterocycles. The van der Waals surface area contributed by atoms with E-state index in [-0.39, 0.29) is 12.4 Å². The molecular weight excluding hydrogens is 315 g/mol. The summed E-state index contributed by atoms with van der Waals surface area (Å²) in [4.78, 5) is 0. The minimum absolute atomic E-state index is 0.142. The summed E-state index contributed by atoms with van der Waals surface area (Å²) in [6.07, 6.45) is 3.09. The Bertz CT molecular complexity index is 887. The molecule has 1 N–H and O–H groups in total. The summed E-state index contributed by atoms with van der Waals surface area (Å²) >= 11 is 5.02. The molecule has 0 aliphatic rings. The predicted molar refractivity (Wildman–Crippen MR) is 87.6 cm³/mol. The van der Waals surface area contributed by atoms with Crippen LogP contribution in [-0.4, -0.2) is 21.1 Å². The minimum Gasteiger partial charge on any atom is -0.488 e. The van der Waals surface area contributed by atoms with Crippen LogP contribution in [0, 0.1) is 10.6 Å². The molecule has 0 unspecified atom stereocenters.